The molecule has 1 spiro atoms. The third-order valence-corrected chi connectivity index (χ3v) is 5.40. The smallest absolute Gasteiger partial charge is 0.0462 e. The maximum atomic E-state index is 3.79. The van der Waals surface area contributed by atoms with E-state index in [1.54, 1.807) is 11.3 Å². The van der Waals surface area contributed by atoms with Gasteiger partial charge < -0.3 is 10.2 Å². The Kier molecular flexibility index (Phi) is 2.13. The van der Waals surface area contributed by atoms with Crippen molar-refractivity contribution in [3.63, 3.8) is 0 Å². The Hall–Kier alpha value is -0.540. The van der Waals surface area contributed by atoms with Crippen LogP contribution in [0.4, 0.5) is 5.69 Å². The van der Waals surface area contributed by atoms with E-state index in [1.165, 1.54) is 35.8 Å². The average Bonchev–Trinajstić information content (AvgIpc) is 2.52. The van der Waals surface area contributed by atoms with E-state index in [-0.39, 0.29) is 0 Å². The van der Waals surface area contributed by atoms with E-state index in [1.807, 2.05) is 0 Å². The topological polar surface area (TPSA) is 15.3 Å². The molecular formula is C14H17BrN2. The van der Waals surface area contributed by atoms with Gasteiger partial charge in [0.2, 0.25) is 0 Å². The van der Waals surface area contributed by atoms with Gasteiger partial charge in [-0.2, -0.15) is 0 Å². The van der Waals surface area contributed by atoms with E-state index in [4.69, 9.17) is 0 Å². The monoisotopic (exact) mass is 292 g/mol. The van der Waals surface area contributed by atoms with Crippen molar-refractivity contribution < 1.29 is 0 Å². The fourth-order valence-corrected chi connectivity index (χ4v) is 4.52. The van der Waals surface area contributed by atoms with Crippen LogP contribution in [0.2, 0.25) is 0 Å². The highest BCUT2D eigenvalue weighted by atomic mass is 79.9. The number of halogens is 1. The van der Waals surface area contributed by atoms with Gasteiger partial charge in [0, 0.05) is 41.8 Å². The summed E-state index contributed by atoms with van der Waals surface area (Å²) >= 11 is 3.79. The molecule has 2 aliphatic heterocycles. The zero-order valence-electron chi connectivity index (χ0n) is 9.93. The summed E-state index contributed by atoms with van der Waals surface area (Å²) in [5.41, 5.74) is 5.14. The predicted molar refractivity (Wildman–Crippen MR) is 73.6 cm³/mol. The molecule has 1 N–H and O–H groups in total. The summed E-state index contributed by atoms with van der Waals surface area (Å²) in [5.74, 6) is 0. The van der Waals surface area contributed by atoms with Gasteiger partial charge in [-0.05, 0) is 30.0 Å². The third kappa shape index (κ3) is 1.30. The lowest BCUT2D eigenvalue weighted by molar-refractivity contribution is 0.262. The Bertz CT molecular complexity index is 479. The van der Waals surface area contributed by atoms with Crippen LogP contribution in [0.25, 0.3) is 0 Å². The molecule has 1 aromatic rings. The van der Waals surface area contributed by atoms with Crippen molar-refractivity contribution >= 4 is 21.6 Å². The van der Waals surface area contributed by atoms with Gasteiger partial charge in [-0.15, -0.1) is 0 Å². The second-order valence-electron chi connectivity index (χ2n) is 5.66. The van der Waals surface area contributed by atoms with Crippen LogP contribution in [-0.2, 0) is 12.0 Å². The summed E-state index contributed by atoms with van der Waals surface area (Å²) in [7, 11) is 0. The number of rotatable bonds is 0. The quantitative estimate of drug-likeness (QED) is 0.791. The van der Waals surface area contributed by atoms with Crippen molar-refractivity contribution in [2.75, 3.05) is 24.5 Å². The molecule has 3 aliphatic rings. The molecule has 90 valence electrons. The number of anilines is 1. The maximum absolute atomic E-state index is 3.79. The second-order valence-corrected chi connectivity index (χ2v) is 6.52. The van der Waals surface area contributed by atoms with Crippen LogP contribution in [0, 0.1) is 0 Å². The highest BCUT2D eigenvalue weighted by Gasteiger charge is 2.48. The predicted octanol–water partition coefficient (Wildman–Crippen LogP) is 2.79. The van der Waals surface area contributed by atoms with Crippen molar-refractivity contribution in [3.8, 4) is 0 Å². The Labute approximate surface area is 111 Å². The molecule has 0 bridgehead atoms. The summed E-state index contributed by atoms with van der Waals surface area (Å²) in [4.78, 5) is 2.62. The van der Waals surface area contributed by atoms with Gasteiger partial charge >= 0.3 is 0 Å². The number of benzene rings is 1. The van der Waals surface area contributed by atoms with Gasteiger partial charge in [-0.25, -0.2) is 0 Å². The van der Waals surface area contributed by atoms with Crippen molar-refractivity contribution in [2.24, 2.45) is 0 Å². The second kappa shape index (κ2) is 3.48. The van der Waals surface area contributed by atoms with E-state index >= 15 is 0 Å². The molecule has 1 aliphatic carbocycles. The molecule has 1 saturated carbocycles. The summed E-state index contributed by atoms with van der Waals surface area (Å²) in [5, 5.41) is 3.52. The molecule has 17 heavy (non-hydrogen) atoms. The van der Waals surface area contributed by atoms with Crippen LogP contribution in [0.5, 0.6) is 0 Å². The Balaban J connectivity index is 1.96. The average molecular weight is 293 g/mol. The summed E-state index contributed by atoms with van der Waals surface area (Å²) < 4.78 is 1.33. The highest BCUT2D eigenvalue weighted by molar-refractivity contribution is 9.10. The molecule has 0 unspecified atom stereocenters. The van der Waals surface area contributed by atoms with Crippen molar-refractivity contribution in [1.29, 1.82) is 0 Å². The van der Waals surface area contributed by atoms with Gasteiger partial charge in [-0.1, -0.05) is 28.4 Å². The standard InChI is InChI=1S/C14H17BrN2/c15-11-3-2-10-8-16-6-7-17-9-14(4-1-5-14)12(11)13(10)17/h2-3,16H,1,4-9H2. The minimum Gasteiger partial charge on any atom is -0.369 e. The summed E-state index contributed by atoms with van der Waals surface area (Å²) in [6, 6.07) is 4.54. The largest absolute Gasteiger partial charge is 0.369 e. The van der Waals surface area contributed by atoms with Gasteiger partial charge in [0.15, 0.2) is 0 Å². The fourth-order valence-electron chi connectivity index (χ4n) is 3.78. The molecule has 0 atom stereocenters. The van der Waals surface area contributed by atoms with E-state index in [9.17, 15) is 0 Å². The first-order chi connectivity index (χ1) is 8.30. The van der Waals surface area contributed by atoms with Crippen molar-refractivity contribution in [1.82, 2.24) is 5.32 Å². The Morgan fingerprint density at radius 3 is 2.94 bits per heavy atom. The van der Waals surface area contributed by atoms with Crippen LogP contribution in [0.3, 0.4) is 0 Å². The van der Waals surface area contributed by atoms with Crippen LogP contribution in [-0.4, -0.2) is 19.6 Å². The first kappa shape index (κ1) is 10.4. The lowest BCUT2D eigenvalue weighted by Crippen LogP contribution is -2.40. The minimum absolute atomic E-state index is 0.488. The summed E-state index contributed by atoms with van der Waals surface area (Å²) in [6.07, 6.45) is 4.17. The van der Waals surface area contributed by atoms with Gasteiger partial charge in [0.05, 0.1) is 0 Å². The lowest BCUT2D eigenvalue weighted by atomic mass is 9.65. The fraction of sp³-hybridized carbons (Fsp3) is 0.571. The van der Waals surface area contributed by atoms with Gasteiger partial charge in [0.1, 0.15) is 0 Å². The molecule has 0 aromatic heterocycles. The number of nitrogens with zero attached hydrogens (tertiary/aromatic N) is 1. The van der Waals surface area contributed by atoms with Crippen LogP contribution < -0.4 is 10.2 Å². The zero-order valence-corrected chi connectivity index (χ0v) is 11.5. The molecule has 3 heteroatoms. The van der Waals surface area contributed by atoms with Crippen LogP contribution >= 0.6 is 15.9 Å². The van der Waals surface area contributed by atoms with Crippen LogP contribution in [0.15, 0.2) is 16.6 Å². The summed E-state index contributed by atoms with van der Waals surface area (Å²) in [6.45, 7) is 4.56. The Morgan fingerprint density at radius 1 is 1.29 bits per heavy atom. The third-order valence-electron chi connectivity index (χ3n) is 4.74. The number of nitrogens with one attached hydrogen (secondary N) is 1. The van der Waals surface area contributed by atoms with E-state index in [2.05, 4.69) is 38.3 Å². The number of fused-ring (bicyclic) bond motifs is 1. The molecule has 2 nitrogen and oxygen atoms in total. The molecule has 0 saturated heterocycles. The molecule has 1 fully saturated rings. The van der Waals surface area contributed by atoms with E-state index in [0.29, 0.717) is 5.41 Å². The molecular weight excluding hydrogens is 276 g/mol. The minimum atomic E-state index is 0.488. The molecule has 0 radical (unpaired) electrons. The van der Waals surface area contributed by atoms with Gasteiger partial charge in [-0.3, -0.25) is 0 Å². The molecule has 1 aromatic carbocycles. The SMILES string of the molecule is Brc1ccc2c3c1C1(CCC1)CN3CCNC2. The number of hydrogen-bond acceptors (Lipinski definition) is 2. The van der Waals surface area contributed by atoms with Crippen molar-refractivity contribution in [3.05, 3.63) is 27.7 Å². The first-order valence-corrected chi connectivity index (χ1v) is 7.37. The van der Waals surface area contributed by atoms with Crippen molar-refractivity contribution in [2.45, 2.75) is 31.2 Å². The molecule has 0 amide bonds. The van der Waals surface area contributed by atoms with Gasteiger partial charge in [0.25, 0.3) is 0 Å². The Morgan fingerprint density at radius 2 is 2.18 bits per heavy atom. The molecule has 4 rings (SSSR count). The normalized spacial score (nSPS) is 24.4. The van der Waals surface area contributed by atoms with E-state index in [0.717, 1.165) is 19.6 Å². The zero-order chi connectivity index (χ0) is 11.5. The lowest BCUT2D eigenvalue weighted by Gasteiger charge is -2.39. The molecule has 2 heterocycles. The van der Waals surface area contributed by atoms with E-state index < -0.39 is 0 Å². The maximum Gasteiger partial charge on any atom is 0.0462 e. The highest BCUT2D eigenvalue weighted by Crippen LogP contribution is 2.56. The first-order valence-electron chi connectivity index (χ1n) is 6.58. The van der Waals surface area contributed by atoms with Crippen LogP contribution in [0.1, 0.15) is 30.4 Å². The number of hydrogen-bond donors (Lipinski definition) is 1.